The van der Waals surface area contributed by atoms with E-state index < -0.39 is 6.10 Å². The fourth-order valence-electron chi connectivity index (χ4n) is 4.41. The van der Waals surface area contributed by atoms with Crippen molar-refractivity contribution in [3.05, 3.63) is 47.5 Å². The topological polar surface area (TPSA) is 66.4 Å². The van der Waals surface area contributed by atoms with Crippen molar-refractivity contribution in [1.82, 2.24) is 10.2 Å². The highest BCUT2D eigenvalue weighted by Gasteiger charge is 2.20. The highest BCUT2D eigenvalue weighted by atomic mass is 16.5. The molecular weight excluding hydrogens is 454 g/mol. The molecule has 200 valence electrons. The van der Waals surface area contributed by atoms with Crippen molar-refractivity contribution in [1.29, 1.82) is 0 Å². The number of piperazine rings is 1. The van der Waals surface area contributed by atoms with Crippen LogP contribution >= 0.6 is 0 Å². The fourth-order valence-corrected chi connectivity index (χ4v) is 4.41. The average molecular weight is 500 g/mol. The van der Waals surface area contributed by atoms with Gasteiger partial charge in [-0.3, -0.25) is 4.90 Å². The van der Waals surface area contributed by atoms with E-state index in [4.69, 9.17) is 14.2 Å². The molecule has 1 atom stereocenters. The molecule has 1 unspecified atom stereocenters. The van der Waals surface area contributed by atoms with E-state index in [0.717, 1.165) is 61.1 Å². The number of aliphatic hydroxyl groups excluding tert-OH is 1. The first kappa shape index (κ1) is 28.1. The van der Waals surface area contributed by atoms with Crippen LogP contribution in [0.2, 0.25) is 0 Å². The maximum Gasteiger partial charge on any atom is 0.142 e. The smallest absolute Gasteiger partial charge is 0.142 e. The van der Waals surface area contributed by atoms with E-state index in [1.54, 1.807) is 7.11 Å². The summed E-state index contributed by atoms with van der Waals surface area (Å²) < 4.78 is 17.8. The number of ether oxygens (including phenoxy) is 3. The lowest BCUT2D eigenvalue weighted by Crippen LogP contribution is -2.47. The number of hydrogen-bond donors (Lipinski definition) is 2. The molecule has 0 radical (unpaired) electrons. The van der Waals surface area contributed by atoms with Gasteiger partial charge in [0.2, 0.25) is 0 Å². The SMILES string of the molecule is COc1ccccc1N1CCN(CCOc2cc(C)c(OCC(O)CNC(C)C)cc2C(C)C)CC1. The Morgan fingerprint density at radius 3 is 2.33 bits per heavy atom. The second-order valence-corrected chi connectivity index (χ2v) is 10.2. The van der Waals surface area contributed by atoms with Crippen molar-refractivity contribution >= 4 is 5.69 Å². The number of nitrogens with one attached hydrogen (secondary N) is 1. The van der Waals surface area contributed by atoms with Crippen LogP contribution in [0.15, 0.2) is 36.4 Å². The van der Waals surface area contributed by atoms with Crippen molar-refractivity contribution < 1.29 is 19.3 Å². The third-order valence-corrected chi connectivity index (χ3v) is 6.59. The molecule has 1 aliphatic rings. The first-order valence-electron chi connectivity index (χ1n) is 13.2. The molecule has 2 N–H and O–H groups in total. The summed E-state index contributed by atoms with van der Waals surface area (Å²) in [6, 6.07) is 12.7. The molecule has 2 aromatic carbocycles. The van der Waals surface area contributed by atoms with Gasteiger partial charge in [0.05, 0.1) is 12.8 Å². The molecule has 1 heterocycles. The predicted octanol–water partition coefficient (Wildman–Crippen LogP) is 4.07. The summed E-state index contributed by atoms with van der Waals surface area (Å²) in [6.07, 6.45) is -0.548. The molecule has 0 saturated carbocycles. The molecule has 0 amide bonds. The van der Waals surface area contributed by atoms with Crippen molar-refractivity contribution in [3.63, 3.8) is 0 Å². The number of methoxy groups -OCH3 is 1. The highest BCUT2D eigenvalue weighted by molar-refractivity contribution is 5.58. The van der Waals surface area contributed by atoms with Gasteiger partial charge in [0.25, 0.3) is 0 Å². The van der Waals surface area contributed by atoms with Crippen LogP contribution in [0.3, 0.4) is 0 Å². The largest absolute Gasteiger partial charge is 0.495 e. The maximum absolute atomic E-state index is 10.2. The molecular formula is C29H45N3O4. The Labute approximate surface area is 217 Å². The fraction of sp³-hybridized carbons (Fsp3) is 0.586. The lowest BCUT2D eigenvalue weighted by Gasteiger charge is -2.36. The Kier molecular flexibility index (Phi) is 10.7. The minimum atomic E-state index is -0.548. The van der Waals surface area contributed by atoms with Crippen LogP contribution < -0.4 is 24.4 Å². The molecule has 1 aliphatic heterocycles. The molecule has 1 fully saturated rings. The zero-order valence-electron chi connectivity index (χ0n) is 22.9. The number of rotatable bonds is 13. The summed E-state index contributed by atoms with van der Waals surface area (Å²) in [5.41, 5.74) is 3.31. The molecule has 1 saturated heterocycles. The van der Waals surface area contributed by atoms with E-state index in [9.17, 15) is 5.11 Å². The Bertz CT molecular complexity index is 942. The van der Waals surface area contributed by atoms with Crippen LogP contribution in [-0.2, 0) is 0 Å². The van der Waals surface area contributed by atoms with E-state index in [-0.39, 0.29) is 6.61 Å². The van der Waals surface area contributed by atoms with Crippen molar-refractivity contribution in [2.45, 2.75) is 52.7 Å². The van der Waals surface area contributed by atoms with E-state index in [0.29, 0.717) is 25.1 Å². The Balaban J connectivity index is 1.51. The Morgan fingerprint density at radius 2 is 1.67 bits per heavy atom. The average Bonchev–Trinajstić information content (AvgIpc) is 2.87. The molecule has 2 aromatic rings. The minimum Gasteiger partial charge on any atom is -0.495 e. The van der Waals surface area contributed by atoms with Gasteiger partial charge < -0.3 is 29.5 Å². The van der Waals surface area contributed by atoms with Gasteiger partial charge in [-0.25, -0.2) is 0 Å². The number of aliphatic hydroxyl groups is 1. The zero-order valence-corrected chi connectivity index (χ0v) is 22.9. The summed E-state index contributed by atoms with van der Waals surface area (Å²) in [5, 5.41) is 13.4. The summed E-state index contributed by atoms with van der Waals surface area (Å²) >= 11 is 0. The van der Waals surface area contributed by atoms with Crippen molar-refractivity contribution in [2.24, 2.45) is 0 Å². The van der Waals surface area contributed by atoms with Gasteiger partial charge in [-0.1, -0.05) is 39.8 Å². The molecule has 0 aromatic heterocycles. The van der Waals surface area contributed by atoms with Gasteiger partial charge in [-0.2, -0.15) is 0 Å². The molecule has 7 heteroatoms. The van der Waals surface area contributed by atoms with Gasteiger partial charge in [0.15, 0.2) is 0 Å². The summed E-state index contributed by atoms with van der Waals surface area (Å²) in [5.74, 6) is 2.96. The predicted molar refractivity (Wildman–Crippen MR) is 147 cm³/mol. The third-order valence-electron chi connectivity index (χ3n) is 6.59. The second-order valence-electron chi connectivity index (χ2n) is 10.2. The summed E-state index contributed by atoms with van der Waals surface area (Å²) in [7, 11) is 1.73. The monoisotopic (exact) mass is 499 g/mol. The number of nitrogens with zero attached hydrogens (tertiary/aromatic N) is 2. The Morgan fingerprint density at radius 1 is 0.944 bits per heavy atom. The van der Waals surface area contributed by atoms with Gasteiger partial charge in [0, 0.05) is 50.9 Å². The van der Waals surface area contributed by atoms with E-state index in [1.165, 1.54) is 5.69 Å². The third kappa shape index (κ3) is 8.02. The molecule has 0 spiro atoms. The number of para-hydroxylation sites is 2. The van der Waals surface area contributed by atoms with Crippen LogP contribution in [0.4, 0.5) is 5.69 Å². The van der Waals surface area contributed by atoms with Gasteiger partial charge in [0.1, 0.15) is 36.6 Å². The second kappa shape index (κ2) is 13.7. The highest BCUT2D eigenvalue weighted by Crippen LogP contribution is 2.34. The van der Waals surface area contributed by atoms with Crippen LogP contribution in [0, 0.1) is 6.92 Å². The quantitative estimate of drug-likeness (QED) is 0.431. The number of hydrogen-bond acceptors (Lipinski definition) is 7. The number of benzene rings is 2. The lowest BCUT2D eigenvalue weighted by molar-refractivity contribution is 0.104. The molecule has 7 nitrogen and oxygen atoms in total. The maximum atomic E-state index is 10.2. The first-order chi connectivity index (χ1) is 17.3. The first-order valence-corrected chi connectivity index (χ1v) is 13.2. The van der Waals surface area contributed by atoms with Crippen LogP contribution in [0.5, 0.6) is 17.2 Å². The van der Waals surface area contributed by atoms with E-state index >= 15 is 0 Å². The molecule has 3 rings (SSSR count). The normalized spacial score (nSPS) is 15.4. The van der Waals surface area contributed by atoms with Crippen LogP contribution in [0.25, 0.3) is 0 Å². The zero-order chi connectivity index (χ0) is 26.1. The molecule has 36 heavy (non-hydrogen) atoms. The van der Waals surface area contributed by atoms with Crippen LogP contribution in [0.1, 0.15) is 44.7 Å². The number of aryl methyl sites for hydroxylation is 1. The van der Waals surface area contributed by atoms with Gasteiger partial charge in [-0.05, 0) is 42.7 Å². The van der Waals surface area contributed by atoms with Crippen molar-refractivity contribution in [2.75, 3.05) is 64.5 Å². The number of anilines is 1. The van der Waals surface area contributed by atoms with E-state index in [1.807, 2.05) is 19.1 Å². The lowest BCUT2D eigenvalue weighted by atomic mass is 10.00. The summed E-state index contributed by atoms with van der Waals surface area (Å²) in [6.45, 7) is 16.8. The van der Waals surface area contributed by atoms with Crippen LogP contribution in [-0.4, -0.2) is 81.7 Å². The minimum absolute atomic E-state index is 0.263. The molecule has 0 bridgehead atoms. The van der Waals surface area contributed by atoms with Crippen molar-refractivity contribution in [3.8, 4) is 17.2 Å². The standard InChI is InChI=1S/C29H45N3O4/c1-21(2)25-18-28(36-20-24(33)19-30-22(3)4)23(5)17-29(25)35-16-15-31-11-13-32(14-12-31)26-9-7-8-10-27(26)34-6/h7-10,17-18,21-22,24,30,33H,11-16,19-20H2,1-6H3. The molecule has 0 aliphatic carbocycles. The van der Waals surface area contributed by atoms with E-state index in [2.05, 4.69) is 67.1 Å². The summed E-state index contributed by atoms with van der Waals surface area (Å²) in [4.78, 5) is 4.85. The Hall–Kier alpha value is -2.48. The van der Waals surface area contributed by atoms with Gasteiger partial charge in [-0.15, -0.1) is 0 Å². The van der Waals surface area contributed by atoms with Gasteiger partial charge >= 0.3 is 0 Å².